The molecule has 5 nitrogen and oxygen atoms in total. The number of ether oxygens (including phenoxy) is 2. The van der Waals surface area contributed by atoms with Crippen LogP contribution >= 0.6 is 0 Å². The molecule has 0 bridgehead atoms. The average molecular weight is 363 g/mol. The fourth-order valence-electron chi connectivity index (χ4n) is 1.86. The van der Waals surface area contributed by atoms with E-state index in [1.807, 2.05) is 26.0 Å². The number of allylic oxidation sites excluding steroid dienone is 4. The lowest BCUT2D eigenvalue weighted by atomic mass is 9.88. The van der Waals surface area contributed by atoms with Crippen LogP contribution < -0.4 is 0 Å². The van der Waals surface area contributed by atoms with E-state index in [2.05, 4.69) is 6.58 Å². The Labute approximate surface area is 157 Å². The molecule has 5 heteroatoms. The minimum absolute atomic E-state index is 0.285. The molecule has 0 fully saturated rings. The molecule has 0 aromatic carbocycles. The Morgan fingerprint density at radius 1 is 1.04 bits per heavy atom. The Morgan fingerprint density at radius 2 is 1.65 bits per heavy atom. The zero-order valence-electron chi connectivity index (χ0n) is 17.0. The minimum Gasteiger partial charge on any atom is -0.465 e. The standard InChI is InChI=1S/C21H33NO4/c1-15(2)19(12-11-16(3)14-26-18(5)23)10-8-9-13-25-20(24)21(6,7)17(4)22/h11-12,22H,1,8-10,13-14H2,2-7H3/b16-11+,19-12-,22-17?. The van der Waals surface area contributed by atoms with E-state index in [1.54, 1.807) is 20.8 Å². The third kappa shape index (κ3) is 9.35. The van der Waals surface area contributed by atoms with E-state index in [9.17, 15) is 9.59 Å². The van der Waals surface area contributed by atoms with Gasteiger partial charge in [-0.1, -0.05) is 24.3 Å². The van der Waals surface area contributed by atoms with E-state index in [4.69, 9.17) is 14.9 Å². The molecule has 0 saturated carbocycles. The first-order chi connectivity index (χ1) is 12.0. The molecule has 0 unspecified atom stereocenters. The Kier molecular flexibility index (Phi) is 10.5. The second-order valence-corrected chi connectivity index (χ2v) is 7.11. The Morgan fingerprint density at radius 3 is 2.15 bits per heavy atom. The second kappa shape index (κ2) is 11.4. The molecule has 1 N–H and O–H groups in total. The number of esters is 2. The fraction of sp³-hybridized carbons (Fsp3) is 0.571. The van der Waals surface area contributed by atoms with Gasteiger partial charge in [-0.2, -0.15) is 0 Å². The van der Waals surface area contributed by atoms with Crippen LogP contribution in [0.2, 0.25) is 0 Å². The molecule has 0 aromatic rings. The molecule has 0 aliphatic carbocycles. The molecule has 26 heavy (non-hydrogen) atoms. The number of hydrogen-bond donors (Lipinski definition) is 1. The van der Waals surface area contributed by atoms with Gasteiger partial charge >= 0.3 is 11.9 Å². The van der Waals surface area contributed by atoms with Crippen LogP contribution in [0.15, 0.2) is 35.5 Å². The normalized spacial score (nSPS) is 12.5. The molecule has 0 aliphatic rings. The van der Waals surface area contributed by atoms with Gasteiger partial charge in [-0.05, 0) is 65.0 Å². The zero-order chi connectivity index (χ0) is 20.3. The van der Waals surface area contributed by atoms with Gasteiger partial charge in [-0.25, -0.2) is 0 Å². The maximum atomic E-state index is 12.0. The van der Waals surface area contributed by atoms with Gasteiger partial charge in [-0.3, -0.25) is 9.59 Å². The number of unbranched alkanes of at least 4 members (excludes halogenated alkanes) is 1. The van der Waals surface area contributed by atoms with Crippen molar-refractivity contribution in [2.24, 2.45) is 5.41 Å². The predicted molar refractivity (Wildman–Crippen MR) is 105 cm³/mol. The lowest BCUT2D eigenvalue weighted by Crippen LogP contribution is -2.33. The lowest BCUT2D eigenvalue weighted by Gasteiger charge is -2.21. The number of carbonyl (C=O) groups is 2. The van der Waals surface area contributed by atoms with Gasteiger partial charge in [0.25, 0.3) is 0 Å². The van der Waals surface area contributed by atoms with Crippen molar-refractivity contribution in [1.82, 2.24) is 0 Å². The molecule has 0 amide bonds. The Hall–Kier alpha value is -2.17. The topological polar surface area (TPSA) is 76.5 Å². The predicted octanol–water partition coefficient (Wildman–Crippen LogP) is 4.78. The minimum atomic E-state index is -0.868. The first kappa shape index (κ1) is 23.8. The largest absolute Gasteiger partial charge is 0.465 e. The van der Waals surface area contributed by atoms with Crippen LogP contribution in [0, 0.1) is 10.8 Å². The lowest BCUT2D eigenvalue weighted by molar-refractivity contribution is -0.150. The van der Waals surface area contributed by atoms with Gasteiger partial charge in [0.05, 0.1) is 12.0 Å². The number of hydrogen-bond acceptors (Lipinski definition) is 5. The summed E-state index contributed by atoms with van der Waals surface area (Å²) < 4.78 is 10.2. The number of carbonyl (C=O) groups excluding carboxylic acids is 2. The fourth-order valence-corrected chi connectivity index (χ4v) is 1.86. The van der Waals surface area contributed by atoms with E-state index in [0.717, 1.165) is 36.0 Å². The van der Waals surface area contributed by atoms with E-state index < -0.39 is 5.41 Å². The molecule has 0 heterocycles. The van der Waals surface area contributed by atoms with Crippen molar-refractivity contribution in [2.45, 2.75) is 60.8 Å². The van der Waals surface area contributed by atoms with Crippen LogP contribution in [0.4, 0.5) is 0 Å². The van der Waals surface area contributed by atoms with Crippen LogP contribution in [0.1, 0.15) is 60.8 Å². The highest BCUT2D eigenvalue weighted by Crippen LogP contribution is 2.20. The number of nitrogens with one attached hydrogen (secondary N) is 1. The van der Waals surface area contributed by atoms with E-state index >= 15 is 0 Å². The summed E-state index contributed by atoms with van der Waals surface area (Å²) in [5.74, 6) is -0.650. The van der Waals surface area contributed by atoms with Crippen molar-refractivity contribution in [3.63, 3.8) is 0 Å². The summed E-state index contributed by atoms with van der Waals surface area (Å²) in [4.78, 5) is 22.8. The van der Waals surface area contributed by atoms with Crippen molar-refractivity contribution in [2.75, 3.05) is 13.2 Å². The second-order valence-electron chi connectivity index (χ2n) is 7.11. The SMILES string of the molecule is C=C(C)/C(=C\C=C(/C)COC(C)=O)CCCCOC(=O)C(C)(C)C(C)=N. The summed E-state index contributed by atoms with van der Waals surface area (Å²) >= 11 is 0. The summed E-state index contributed by atoms with van der Waals surface area (Å²) in [6.07, 6.45) is 6.38. The summed E-state index contributed by atoms with van der Waals surface area (Å²) in [6.45, 7) is 14.9. The highest BCUT2D eigenvalue weighted by Gasteiger charge is 2.31. The summed E-state index contributed by atoms with van der Waals surface area (Å²) in [5.41, 5.74) is 2.49. The van der Waals surface area contributed by atoms with E-state index in [1.165, 1.54) is 6.92 Å². The van der Waals surface area contributed by atoms with Crippen LogP contribution in [0.3, 0.4) is 0 Å². The Balaban J connectivity index is 4.43. The van der Waals surface area contributed by atoms with Crippen LogP contribution in [-0.2, 0) is 19.1 Å². The molecule has 0 rings (SSSR count). The van der Waals surface area contributed by atoms with Gasteiger partial charge in [0, 0.05) is 12.6 Å². The monoisotopic (exact) mass is 363 g/mol. The summed E-state index contributed by atoms with van der Waals surface area (Å²) in [5, 5.41) is 7.63. The molecule has 0 aromatic heterocycles. The van der Waals surface area contributed by atoms with Gasteiger partial charge < -0.3 is 14.9 Å². The summed E-state index contributed by atoms with van der Waals surface area (Å²) in [7, 11) is 0. The van der Waals surface area contributed by atoms with Gasteiger partial charge in [-0.15, -0.1) is 0 Å². The van der Waals surface area contributed by atoms with Crippen molar-refractivity contribution in [3.05, 3.63) is 35.5 Å². The molecule has 146 valence electrons. The maximum Gasteiger partial charge on any atom is 0.317 e. The smallest absolute Gasteiger partial charge is 0.317 e. The van der Waals surface area contributed by atoms with Crippen molar-refractivity contribution < 1.29 is 19.1 Å². The van der Waals surface area contributed by atoms with Gasteiger partial charge in [0.2, 0.25) is 0 Å². The average Bonchev–Trinajstić information content (AvgIpc) is 2.54. The third-order valence-corrected chi connectivity index (χ3v) is 4.14. The molecule has 0 spiro atoms. The first-order valence-corrected chi connectivity index (χ1v) is 8.87. The van der Waals surface area contributed by atoms with E-state index in [-0.39, 0.29) is 18.5 Å². The molecule has 0 aliphatic heterocycles. The maximum absolute atomic E-state index is 12.0. The van der Waals surface area contributed by atoms with Crippen LogP contribution in [-0.4, -0.2) is 30.9 Å². The van der Waals surface area contributed by atoms with Crippen LogP contribution in [0.5, 0.6) is 0 Å². The van der Waals surface area contributed by atoms with Crippen molar-refractivity contribution >= 4 is 17.7 Å². The Bertz CT molecular complexity index is 597. The molecule has 0 atom stereocenters. The third-order valence-electron chi connectivity index (χ3n) is 4.14. The quantitative estimate of drug-likeness (QED) is 0.248. The van der Waals surface area contributed by atoms with Gasteiger partial charge in [0.15, 0.2) is 0 Å². The number of rotatable bonds is 11. The van der Waals surface area contributed by atoms with Gasteiger partial charge in [0.1, 0.15) is 6.61 Å². The molecule has 0 saturated heterocycles. The van der Waals surface area contributed by atoms with Crippen molar-refractivity contribution in [1.29, 1.82) is 5.41 Å². The van der Waals surface area contributed by atoms with Crippen molar-refractivity contribution in [3.8, 4) is 0 Å². The van der Waals surface area contributed by atoms with Crippen LogP contribution in [0.25, 0.3) is 0 Å². The molecule has 0 radical (unpaired) electrons. The summed E-state index contributed by atoms with van der Waals surface area (Å²) in [6, 6.07) is 0. The highest BCUT2D eigenvalue weighted by atomic mass is 16.5. The van der Waals surface area contributed by atoms with E-state index in [0.29, 0.717) is 12.3 Å². The molecular formula is C21H33NO4. The zero-order valence-corrected chi connectivity index (χ0v) is 17.0. The first-order valence-electron chi connectivity index (χ1n) is 8.87. The molecular weight excluding hydrogens is 330 g/mol. The highest BCUT2D eigenvalue weighted by molar-refractivity contribution is 6.03.